The first-order chi connectivity index (χ1) is 15.4. The molecule has 0 bridgehead atoms. The van der Waals surface area contributed by atoms with E-state index in [9.17, 15) is 14.4 Å². The van der Waals surface area contributed by atoms with E-state index in [1.165, 1.54) is 7.11 Å². The number of nitrogens with one attached hydrogen (secondary N) is 1. The van der Waals surface area contributed by atoms with Gasteiger partial charge in [-0.05, 0) is 43.0 Å². The van der Waals surface area contributed by atoms with Crippen LogP contribution in [0.25, 0.3) is 6.08 Å². The SMILES string of the molecule is CCN(C)C(=O)CCC/C=C\c1cccc(C(=O)N[C@@H](Cc2ccccc2)C(=O)OC)c1. The number of carbonyl (C=O) groups is 3. The highest BCUT2D eigenvalue weighted by molar-refractivity contribution is 5.97. The quantitative estimate of drug-likeness (QED) is 0.429. The number of amides is 2. The maximum atomic E-state index is 12.8. The molecule has 170 valence electrons. The number of hydrogen-bond donors (Lipinski definition) is 1. The minimum absolute atomic E-state index is 0.148. The molecule has 0 heterocycles. The number of hydrogen-bond acceptors (Lipinski definition) is 4. The average molecular weight is 437 g/mol. The van der Waals surface area contributed by atoms with Crippen LogP contribution in [0.15, 0.2) is 60.7 Å². The van der Waals surface area contributed by atoms with Gasteiger partial charge in [0, 0.05) is 32.0 Å². The Kier molecular flexibility index (Phi) is 10.2. The Balaban J connectivity index is 1.96. The molecule has 2 aromatic carbocycles. The highest BCUT2D eigenvalue weighted by atomic mass is 16.5. The molecule has 0 spiro atoms. The standard InChI is InChI=1S/C26H32N2O4/c1-4-28(2)24(29)17-10-6-9-12-20-15-11-16-22(18-20)25(30)27-23(26(31)32-3)19-21-13-7-5-8-14-21/h5,7-9,11-16,18,23H,4,6,10,17,19H2,1-3H3,(H,27,30)/b12-9-/t23-/m0/s1. The van der Waals surface area contributed by atoms with E-state index in [4.69, 9.17) is 4.74 Å². The summed E-state index contributed by atoms with van der Waals surface area (Å²) in [5, 5.41) is 2.78. The Labute approximate surface area is 190 Å². The van der Waals surface area contributed by atoms with E-state index in [1.54, 1.807) is 30.1 Å². The molecular formula is C26H32N2O4. The fraction of sp³-hybridized carbons (Fsp3) is 0.346. The number of carbonyl (C=O) groups excluding carboxylic acids is 3. The predicted molar refractivity (Wildman–Crippen MR) is 126 cm³/mol. The van der Waals surface area contributed by atoms with Crippen molar-refractivity contribution in [3.8, 4) is 0 Å². The van der Waals surface area contributed by atoms with Gasteiger partial charge in [-0.3, -0.25) is 9.59 Å². The monoisotopic (exact) mass is 436 g/mol. The van der Waals surface area contributed by atoms with Crippen molar-refractivity contribution in [1.82, 2.24) is 10.2 Å². The lowest BCUT2D eigenvalue weighted by atomic mass is 10.0. The van der Waals surface area contributed by atoms with Crippen molar-refractivity contribution in [2.45, 2.75) is 38.6 Å². The highest BCUT2D eigenvalue weighted by Gasteiger charge is 2.22. The van der Waals surface area contributed by atoms with Crippen molar-refractivity contribution in [2.75, 3.05) is 20.7 Å². The van der Waals surface area contributed by atoms with Crippen LogP contribution in [0.4, 0.5) is 0 Å². The van der Waals surface area contributed by atoms with Crippen molar-refractivity contribution in [3.63, 3.8) is 0 Å². The molecular weight excluding hydrogens is 404 g/mol. The number of nitrogens with zero attached hydrogens (tertiary/aromatic N) is 1. The lowest BCUT2D eigenvalue weighted by Gasteiger charge is -2.17. The summed E-state index contributed by atoms with van der Waals surface area (Å²) in [7, 11) is 3.12. The number of methoxy groups -OCH3 is 1. The summed E-state index contributed by atoms with van der Waals surface area (Å²) in [5.74, 6) is -0.670. The zero-order valence-corrected chi connectivity index (χ0v) is 19.0. The van der Waals surface area contributed by atoms with Crippen LogP contribution in [0.5, 0.6) is 0 Å². The third-order valence-corrected chi connectivity index (χ3v) is 5.19. The number of rotatable bonds is 11. The zero-order valence-electron chi connectivity index (χ0n) is 19.0. The average Bonchev–Trinajstić information content (AvgIpc) is 2.83. The van der Waals surface area contributed by atoms with Crippen LogP contribution in [0.1, 0.15) is 47.7 Å². The van der Waals surface area contributed by atoms with Gasteiger partial charge in [-0.15, -0.1) is 0 Å². The molecule has 32 heavy (non-hydrogen) atoms. The Morgan fingerprint density at radius 2 is 1.84 bits per heavy atom. The van der Waals surface area contributed by atoms with Crippen LogP contribution in [-0.4, -0.2) is 49.4 Å². The molecule has 0 aromatic heterocycles. The number of unbranched alkanes of at least 4 members (excludes halogenated alkanes) is 1. The first-order valence-corrected chi connectivity index (χ1v) is 10.9. The summed E-state index contributed by atoms with van der Waals surface area (Å²) < 4.78 is 4.87. The molecule has 6 heteroatoms. The van der Waals surface area contributed by atoms with Gasteiger partial charge < -0.3 is 15.0 Å². The molecule has 0 aliphatic carbocycles. The highest BCUT2D eigenvalue weighted by Crippen LogP contribution is 2.11. The zero-order chi connectivity index (χ0) is 23.3. The molecule has 0 radical (unpaired) electrons. The van der Waals surface area contributed by atoms with E-state index >= 15 is 0 Å². The number of ether oxygens (including phenoxy) is 1. The molecule has 0 fully saturated rings. The molecule has 0 unspecified atom stereocenters. The van der Waals surface area contributed by atoms with Crippen LogP contribution in [0, 0.1) is 0 Å². The Hall–Kier alpha value is -3.41. The van der Waals surface area contributed by atoms with E-state index in [1.807, 2.05) is 55.5 Å². The molecule has 0 saturated carbocycles. The molecule has 1 N–H and O–H groups in total. The van der Waals surface area contributed by atoms with Gasteiger partial charge in [-0.2, -0.15) is 0 Å². The maximum absolute atomic E-state index is 12.8. The van der Waals surface area contributed by atoms with Crippen molar-refractivity contribution < 1.29 is 19.1 Å². The van der Waals surface area contributed by atoms with E-state index in [0.29, 0.717) is 24.9 Å². The van der Waals surface area contributed by atoms with Gasteiger partial charge in [0.2, 0.25) is 5.91 Å². The van der Waals surface area contributed by atoms with Crippen LogP contribution in [0.3, 0.4) is 0 Å². The van der Waals surface area contributed by atoms with Crippen LogP contribution in [0.2, 0.25) is 0 Å². The summed E-state index contributed by atoms with van der Waals surface area (Å²) in [5.41, 5.74) is 2.28. The topological polar surface area (TPSA) is 75.7 Å². The van der Waals surface area contributed by atoms with Gasteiger partial charge in [0.1, 0.15) is 6.04 Å². The van der Waals surface area contributed by atoms with Crippen LogP contribution in [-0.2, 0) is 20.7 Å². The molecule has 2 aromatic rings. The second-order valence-electron chi connectivity index (χ2n) is 7.57. The molecule has 0 aliphatic heterocycles. The summed E-state index contributed by atoms with van der Waals surface area (Å²) in [6.07, 6.45) is 6.37. The number of benzene rings is 2. The van der Waals surface area contributed by atoms with Crippen LogP contribution >= 0.6 is 0 Å². The van der Waals surface area contributed by atoms with Gasteiger partial charge in [0.25, 0.3) is 5.91 Å². The van der Waals surface area contributed by atoms with Crippen LogP contribution < -0.4 is 5.32 Å². The molecule has 0 aliphatic rings. The number of esters is 1. The van der Waals surface area contributed by atoms with Gasteiger partial charge in [0.05, 0.1) is 7.11 Å². The smallest absolute Gasteiger partial charge is 0.328 e. The fourth-order valence-electron chi connectivity index (χ4n) is 3.17. The summed E-state index contributed by atoms with van der Waals surface area (Å²) in [6, 6.07) is 15.9. The fourth-order valence-corrected chi connectivity index (χ4v) is 3.17. The largest absolute Gasteiger partial charge is 0.467 e. The van der Waals surface area contributed by atoms with Gasteiger partial charge in [-0.25, -0.2) is 4.79 Å². The third-order valence-electron chi connectivity index (χ3n) is 5.19. The minimum atomic E-state index is -0.770. The summed E-state index contributed by atoms with van der Waals surface area (Å²) in [6.45, 7) is 2.67. The molecule has 0 saturated heterocycles. The van der Waals surface area contributed by atoms with Crippen molar-refractivity contribution in [1.29, 1.82) is 0 Å². The third kappa shape index (κ3) is 8.02. The van der Waals surface area contributed by atoms with Gasteiger partial charge in [-0.1, -0.05) is 54.6 Å². The molecule has 1 atom stereocenters. The van der Waals surface area contributed by atoms with Crippen molar-refractivity contribution in [3.05, 3.63) is 77.4 Å². The van der Waals surface area contributed by atoms with Crippen molar-refractivity contribution >= 4 is 23.9 Å². The molecule has 6 nitrogen and oxygen atoms in total. The molecule has 2 rings (SSSR count). The second-order valence-corrected chi connectivity index (χ2v) is 7.57. The Morgan fingerprint density at radius 3 is 2.53 bits per heavy atom. The predicted octanol–water partition coefficient (Wildman–Crippen LogP) is 3.86. The molecule has 2 amide bonds. The van der Waals surface area contributed by atoms with Gasteiger partial charge >= 0.3 is 5.97 Å². The Bertz CT molecular complexity index is 924. The van der Waals surface area contributed by atoms with E-state index in [2.05, 4.69) is 5.32 Å². The normalized spacial score (nSPS) is 11.7. The first-order valence-electron chi connectivity index (χ1n) is 10.9. The van der Waals surface area contributed by atoms with E-state index in [-0.39, 0.29) is 11.8 Å². The van der Waals surface area contributed by atoms with Crippen molar-refractivity contribution in [2.24, 2.45) is 0 Å². The Morgan fingerprint density at radius 1 is 1.09 bits per heavy atom. The lowest BCUT2D eigenvalue weighted by Crippen LogP contribution is -2.43. The minimum Gasteiger partial charge on any atom is -0.467 e. The lowest BCUT2D eigenvalue weighted by molar-refractivity contribution is -0.142. The summed E-state index contributed by atoms with van der Waals surface area (Å²) in [4.78, 5) is 38.5. The van der Waals surface area contributed by atoms with Gasteiger partial charge in [0.15, 0.2) is 0 Å². The second kappa shape index (κ2) is 13.1. The first kappa shape index (κ1) is 24.9. The van der Waals surface area contributed by atoms with E-state index in [0.717, 1.165) is 24.0 Å². The maximum Gasteiger partial charge on any atom is 0.328 e. The van der Waals surface area contributed by atoms with E-state index < -0.39 is 12.0 Å². The summed E-state index contributed by atoms with van der Waals surface area (Å²) >= 11 is 0. The number of allylic oxidation sites excluding steroid dienone is 1.